The first kappa shape index (κ1) is 40.7. The van der Waals surface area contributed by atoms with Gasteiger partial charge < -0.3 is 14.6 Å². The number of rotatable bonds is 9. The van der Waals surface area contributed by atoms with Crippen molar-refractivity contribution in [3.8, 4) is 11.1 Å². The van der Waals surface area contributed by atoms with Crippen molar-refractivity contribution in [3.05, 3.63) is 209 Å². The number of aryl methyl sites for hydroxylation is 1. The van der Waals surface area contributed by atoms with Crippen LogP contribution in [0.4, 0.5) is 28.4 Å². The Morgan fingerprint density at radius 1 is 0.561 bits per heavy atom. The SMILES string of the molecule is CCCCCc1cc(-c2cc3oc4ccccc4c3cc2Nc2ccc3c(c2)C(C)(C)CCC3(C)C)c2c(c1)N1c3ccccc3C(c3ccccc3)(c3ccccc3)c3cccc(c31)[B]2. The molecule has 0 spiro atoms. The second-order valence-electron chi connectivity index (χ2n) is 20.4. The highest BCUT2D eigenvalue weighted by molar-refractivity contribution is 6.73. The molecule has 9 aromatic rings. The van der Waals surface area contributed by atoms with Crippen molar-refractivity contribution in [2.75, 3.05) is 10.2 Å². The number of nitrogens with one attached hydrogen (secondary N) is 1. The highest BCUT2D eigenvalue weighted by Crippen LogP contribution is 2.58. The smallest absolute Gasteiger partial charge is 0.197 e. The summed E-state index contributed by atoms with van der Waals surface area (Å²) in [7, 11) is 2.47. The molecule has 1 aliphatic carbocycles. The molecule has 2 aliphatic heterocycles. The van der Waals surface area contributed by atoms with Crippen LogP contribution in [0.15, 0.2) is 174 Å². The van der Waals surface area contributed by atoms with Gasteiger partial charge in [0.1, 0.15) is 11.2 Å². The van der Waals surface area contributed by atoms with Crippen molar-refractivity contribution in [2.24, 2.45) is 0 Å². The summed E-state index contributed by atoms with van der Waals surface area (Å²) in [6, 6.07) is 63.7. The maximum atomic E-state index is 6.73. The quantitative estimate of drug-likeness (QED) is 0.116. The number of hydrogen-bond donors (Lipinski definition) is 1. The fourth-order valence-electron chi connectivity index (χ4n) is 12.0. The number of para-hydroxylation sites is 3. The van der Waals surface area contributed by atoms with Gasteiger partial charge in [0.15, 0.2) is 7.28 Å². The monoisotopic (exact) mass is 855 g/mol. The van der Waals surface area contributed by atoms with Crippen LogP contribution >= 0.6 is 0 Å². The standard InChI is InChI=1S/C62H56BN2O/c1-6-7-10-20-40-35-47(45-39-57-46(44-25-15-18-30-56(44)66-57)38-53(45)64-43-31-32-48-51(37-43)61(4,5)34-33-60(48,2)3)58-55(36-40)65-54-29-17-16-26-49(54)62(41-21-11-8-12-22-41,42-23-13-9-14-24-42)50-27-19-28-52(63-58)59(50)65/h8-9,11-19,21-32,35-39,64H,6-7,10,20,33-34H2,1-5H3. The third-order valence-electron chi connectivity index (χ3n) is 15.4. The number of nitrogens with zero attached hydrogens (tertiary/aromatic N) is 1. The molecule has 0 fully saturated rings. The molecule has 1 N–H and O–H groups in total. The first-order valence-electron chi connectivity index (χ1n) is 24.2. The van der Waals surface area contributed by atoms with Crippen LogP contribution in [0, 0.1) is 0 Å². The number of hydrogen-bond acceptors (Lipinski definition) is 3. The van der Waals surface area contributed by atoms with Crippen molar-refractivity contribution in [3.63, 3.8) is 0 Å². The molecule has 4 heteroatoms. The van der Waals surface area contributed by atoms with Gasteiger partial charge in [0, 0.05) is 39.1 Å². The maximum absolute atomic E-state index is 6.73. The third kappa shape index (κ3) is 6.24. The Morgan fingerprint density at radius 3 is 2.03 bits per heavy atom. The van der Waals surface area contributed by atoms with Crippen molar-refractivity contribution < 1.29 is 4.42 Å². The molecular weight excluding hydrogens is 800 g/mol. The van der Waals surface area contributed by atoms with E-state index in [1.165, 1.54) is 98.2 Å². The highest BCUT2D eigenvalue weighted by Gasteiger charge is 2.48. The van der Waals surface area contributed by atoms with Crippen molar-refractivity contribution in [1.82, 2.24) is 0 Å². The summed E-state index contributed by atoms with van der Waals surface area (Å²) in [4.78, 5) is 2.60. The molecule has 0 atom stereocenters. The third-order valence-corrected chi connectivity index (χ3v) is 15.4. The molecule has 0 unspecified atom stereocenters. The lowest BCUT2D eigenvalue weighted by atomic mass is 9.54. The maximum Gasteiger partial charge on any atom is 0.197 e. The molecule has 0 bridgehead atoms. The van der Waals surface area contributed by atoms with Crippen LogP contribution in [-0.4, -0.2) is 7.28 Å². The van der Waals surface area contributed by atoms with Crippen LogP contribution in [0.25, 0.3) is 33.1 Å². The van der Waals surface area contributed by atoms with Crippen LogP contribution in [0.3, 0.4) is 0 Å². The zero-order valence-electron chi connectivity index (χ0n) is 38.8. The van der Waals surface area contributed by atoms with Crippen LogP contribution < -0.4 is 21.1 Å². The Hall–Kier alpha value is -6.78. The van der Waals surface area contributed by atoms with Gasteiger partial charge in [-0.2, -0.15) is 0 Å². The van der Waals surface area contributed by atoms with E-state index in [0.717, 1.165) is 51.7 Å². The number of furan rings is 1. The number of fused-ring (bicyclic) bond motifs is 8. The topological polar surface area (TPSA) is 28.4 Å². The van der Waals surface area contributed by atoms with Crippen LogP contribution in [0.2, 0.25) is 0 Å². The Morgan fingerprint density at radius 2 is 1.26 bits per heavy atom. The molecule has 323 valence electrons. The van der Waals surface area contributed by atoms with Gasteiger partial charge in [-0.15, -0.1) is 0 Å². The van der Waals surface area contributed by atoms with E-state index in [-0.39, 0.29) is 10.8 Å². The lowest BCUT2D eigenvalue weighted by Gasteiger charge is -2.49. The predicted molar refractivity (Wildman–Crippen MR) is 279 cm³/mol. The predicted octanol–water partition coefficient (Wildman–Crippen LogP) is 15.2. The summed E-state index contributed by atoms with van der Waals surface area (Å²) < 4.78 is 6.73. The van der Waals surface area contributed by atoms with Gasteiger partial charge in [-0.3, -0.25) is 0 Å². The number of benzene rings is 8. The summed E-state index contributed by atoms with van der Waals surface area (Å²) in [6.45, 7) is 11.9. The minimum absolute atomic E-state index is 0.0898. The number of unbranched alkanes of at least 4 members (excludes halogenated alkanes) is 2. The fraction of sp³-hybridized carbons (Fsp3) is 0.226. The van der Waals surface area contributed by atoms with Gasteiger partial charge in [-0.25, -0.2) is 0 Å². The minimum atomic E-state index is -0.532. The zero-order valence-corrected chi connectivity index (χ0v) is 38.8. The van der Waals surface area contributed by atoms with Gasteiger partial charge in [0.25, 0.3) is 0 Å². The fourth-order valence-corrected chi connectivity index (χ4v) is 12.0. The Bertz CT molecular complexity index is 3300. The summed E-state index contributed by atoms with van der Waals surface area (Å²) in [5.41, 5.74) is 21.5. The lowest BCUT2D eigenvalue weighted by Crippen LogP contribution is -2.47. The zero-order chi connectivity index (χ0) is 44.8. The Balaban J connectivity index is 1.11. The molecule has 1 aromatic heterocycles. The number of anilines is 5. The highest BCUT2D eigenvalue weighted by atomic mass is 16.3. The molecule has 3 nitrogen and oxygen atoms in total. The van der Waals surface area contributed by atoms with E-state index in [9.17, 15) is 0 Å². The largest absolute Gasteiger partial charge is 0.456 e. The van der Waals surface area contributed by atoms with Crippen molar-refractivity contribution in [2.45, 2.75) is 89.4 Å². The van der Waals surface area contributed by atoms with Crippen LogP contribution in [0.1, 0.15) is 106 Å². The second-order valence-corrected chi connectivity index (χ2v) is 20.4. The van der Waals surface area contributed by atoms with E-state index in [1.807, 2.05) is 0 Å². The normalized spacial score (nSPS) is 15.9. The summed E-state index contributed by atoms with van der Waals surface area (Å²) in [6.07, 6.45) is 6.86. The second kappa shape index (κ2) is 15.4. The van der Waals surface area contributed by atoms with E-state index in [2.05, 4.69) is 222 Å². The molecule has 12 rings (SSSR count). The minimum Gasteiger partial charge on any atom is -0.456 e. The van der Waals surface area contributed by atoms with E-state index in [0.29, 0.717) is 0 Å². The molecule has 1 radical (unpaired) electrons. The molecule has 66 heavy (non-hydrogen) atoms. The Labute approximate surface area is 390 Å². The molecule has 0 amide bonds. The summed E-state index contributed by atoms with van der Waals surface area (Å²) in [5, 5.41) is 6.32. The molecule has 3 heterocycles. The van der Waals surface area contributed by atoms with Crippen molar-refractivity contribution in [1.29, 1.82) is 0 Å². The van der Waals surface area contributed by atoms with Crippen molar-refractivity contribution >= 4 is 68.6 Å². The van der Waals surface area contributed by atoms with E-state index in [4.69, 9.17) is 4.42 Å². The summed E-state index contributed by atoms with van der Waals surface area (Å²) >= 11 is 0. The Kier molecular flexibility index (Phi) is 9.51. The van der Waals surface area contributed by atoms with E-state index < -0.39 is 5.41 Å². The lowest BCUT2D eigenvalue weighted by molar-refractivity contribution is 0.332. The molecule has 8 aromatic carbocycles. The van der Waals surface area contributed by atoms with E-state index in [1.54, 1.807) is 0 Å². The van der Waals surface area contributed by atoms with Gasteiger partial charge in [-0.1, -0.05) is 180 Å². The van der Waals surface area contributed by atoms with Gasteiger partial charge >= 0.3 is 0 Å². The van der Waals surface area contributed by atoms with Gasteiger partial charge in [-0.05, 0) is 129 Å². The molecular formula is C62H56BN2O. The van der Waals surface area contributed by atoms with Crippen LogP contribution in [0.5, 0.6) is 0 Å². The van der Waals surface area contributed by atoms with E-state index >= 15 is 0 Å². The first-order valence-corrected chi connectivity index (χ1v) is 24.2. The first-order chi connectivity index (χ1) is 32.2. The molecule has 0 saturated carbocycles. The van der Waals surface area contributed by atoms with Gasteiger partial charge in [0.2, 0.25) is 0 Å². The molecule has 3 aliphatic rings. The molecule has 0 saturated heterocycles. The average molecular weight is 856 g/mol. The summed E-state index contributed by atoms with van der Waals surface area (Å²) in [5.74, 6) is 0. The van der Waals surface area contributed by atoms with Crippen LogP contribution in [-0.2, 0) is 22.7 Å². The average Bonchev–Trinajstić information content (AvgIpc) is 3.71. The van der Waals surface area contributed by atoms with Gasteiger partial charge in [0.05, 0.1) is 11.1 Å².